The monoisotopic (exact) mass is 171 g/mol. The van der Waals surface area contributed by atoms with Crippen LogP contribution in [0.3, 0.4) is 0 Å². The zero-order valence-corrected chi connectivity index (χ0v) is 5.65. The number of ether oxygens (including phenoxy) is 1. The summed E-state index contributed by atoms with van der Waals surface area (Å²) >= 11 is 0. The summed E-state index contributed by atoms with van der Waals surface area (Å²) in [6, 6.07) is 0. The van der Waals surface area contributed by atoms with Crippen LogP contribution in [0.5, 0.6) is 0 Å². The smallest absolute Gasteiger partial charge is 0.426 e. The average molecular weight is 172 g/mol. The highest BCUT2D eigenvalue weighted by Crippen LogP contribution is 2.15. The Morgan fingerprint density at radius 2 is 2.22 bits per heavy atom. The highest BCUT2D eigenvalue weighted by molar-refractivity contribution is 8.12. The molecule has 0 atom stereocenters. The summed E-state index contributed by atoms with van der Waals surface area (Å²) in [5, 5.41) is 0. The maximum Gasteiger partial charge on any atom is 0.429 e. The lowest BCUT2D eigenvalue weighted by Crippen LogP contribution is -2.46. The second-order valence-electron chi connectivity index (χ2n) is 1.33. The Hall–Kier alpha value is -0.490. The van der Waals surface area contributed by atoms with E-state index in [2.05, 4.69) is 4.74 Å². The summed E-state index contributed by atoms with van der Waals surface area (Å²) in [4.78, 5) is 10.1. The van der Waals surface area contributed by atoms with Crippen molar-refractivity contribution >= 4 is 26.0 Å². The molecule has 7 heteroatoms. The van der Waals surface area contributed by atoms with Gasteiger partial charge in [0.25, 0.3) is 0 Å². The van der Waals surface area contributed by atoms with Crippen molar-refractivity contribution in [3.8, 4) is 0 Å². The number of hydrogen-bond acceptors (Lipinski definition) is 4. The summed E-state index contributed by atoms with van der Waals surface area (Å²) < 4.78 is 24.9. The predicted molar refractivity (Wildman–Crippen MR) is 28.0 cm³/mol. The molecule has 0 saturated carbocycles. The van der Waals surface area contributed by atoms with Crippen LogP contribution in [0.1, 0.15) is 0 Å². The topological polar surface area (TPSA) is 63.7 Å². The summed E-state index contributed by atoms with van der Waals surface area (Å²) in [6.07, 6.45) is -0.926. The van der Waals surface area contributed by atoms with Gasteiger partial charge in [0.15, 0.2) is 6.73 Å². The van der Waals surface area contributed by atoms with Gasteiger partial charge in [0.1, 0.15) is 0 Å². The molecule has 5 nitrogen and oxygen atoms in total. The van der Waals surface area contributed by atoms with E-state index >= 15 is 0 Å². The molecule has 0 radical (unpaired) electrons. The van der Waals surface area contributed by atoms with Gasteiger partial charge < -0.3 is 4.74 Å². The fraction of sp³-hybridized carbons (Fsp3) is 0.500. The molecule has 0 aromatic carbocycles. The summed E-state index contributed by atoms with van der Waals surface area (Å²) in [7, 11) is 0.843. The number of carbonyl (C=O) groups excluding carboxylic acids is 1. The fourth-order valence-corrected chi connectivity index (χ4v) is 1.02. The Labute approximate surface area is 55.7 Å². The van der Waals surface area contributed by atoms with Gasteiger partial charge in [0.2, 0.25) is 0 Å². The molecule has 0 aromatic rings. The minimum Gasteiger partial charge on any atom is -0.426 e. The lowest BCUT2D eigenvalue weighted by Gasteiger charge is -2.25. The molecule has 1 rings (SSSR count). The van der Waals surface area contributed by atoms with E-state index in [9.17, 15) is 13.2 Å². The van der Waals surface area contributed by atoms with Gasteiger partial charge in [0.05, 0.1) is 0 Å². The number of cyclic esters (lactones) is 1. The molecule has 0 N–H and O–H groups in total. The van der Waals surface area contributed by atoms with Crippen LogP contribution in [0, 0.1) is 0 Å². The summed E-state index contributed by atoms with van der Waals surface area (Å²) in [5.41, 5.74) is 0. The van der Waals surface area contributed by atoms with Gasteiger partial charge in [-0.3, -0.25) is 0 Å². The molecule has 1 amide bonds. The molecule has 0 aromatic heterocycles. The van der Waals surface area contributed by atoms with Crippen LogP contribution in [0.15, 0.2) is 0 Å². The van der Waals surface area contributed by atoms with E-state index in [1.807, 2.05) is 0 Å². The van der Waals surface area contributed by atoms with E-state index < -0.39 is 15.3 Å². The Kier molecular flexibility index (Phi) is 1.28. The Balaban J connectivity index is 2.77. The molecule has 52 valence electrons. The molecule has 1 aliphatic heterocycles. The molecule has 1 fully saturated rings. The first-order chi connectivity index (χ1) is 4.02. The molecule has 0 unspecified atom stereocenters. The highest BCUT2D eigenvalue weighted by atomic mass is 35.7. The van der Waals surface area contributed by atoms with Crippen LogP contribution in [0.25, 0.3) is 0 Å². The number of halogens is 1. The van der Waals surface area contributed by atoms with Gasteiger partial charge in [-0.1, -0.05) is 0 Å². The average Bonchev–Trinajstić information content (AvgIpc) is 1.57. The van der Waals surface area contributed by atoms with E-state index in [1.165, 1.54) is 0 Å². The fourth-order valence-electron chi connectivity index (χ4n) is 0.322. The zero-order chi connectivity index (χ0) is 7.07. The van der Waals surface area contributed by atoms with Gasteiger partial charge >= 0.3 is 15.3 Å². The standard InChI is InChI=1S/C2H2ClNO4S/c3-9(6,7)4-1-8-2(4)5/h1H2. The highest BCUT2D eigenvalue weighted by Gasteiger charge is 2.35. The lowest BCUT2D eigenvalue weighted by molar-refractivity contribution is 0.0270. The molecule has 0 spiro atoms. The van der Waals surface area contributed by atoms with Gasteiger partial charge in [-0.2, -0.15) is 12.7 Å². The molecular weight excluding hydrogens is 170 g/mol. The minimum atomic E-state index is -3.88. The van der Waals surface area contributed by atoms with Gasteiger partial charge in [-0.25, -0.2) is 4.79 Å². The third-order valence-electron chi connectivity index (χ3n) is 0.772. The maximum atomic E-state index is 10.2. The molecule has 1 heterocycles. The van der Waals surface area contributed by atoms with Crippen LogP contribution in [0.4, 0.5) is 4.79 Å². The third kappa shape index (κ3) is 1.08. The second-order valence-corrected chi connectivity index (χ2v) is 3.76. The number of hydrogen-bond donors (Lipinski definition) is 0. The number of nitrogens with zero attached hydrogens (tertiary/aromatic N) is 1. The quantitative estimate of drug-likeness (QED) is 0.516. The van der Waals surface area contributed by atoms with Gasteiger partial charge in [-0.05, 0) is 0 Å². The second kappa shape index (κ2) is 1.74. The molecule has 9 heavy (non-hydrogen) atoms. The number of carbonyl (C=O) groups is 1. The normalized spacial score (nSPS) is 18.8. The molecule has 0 bridgehead atoms. The van der Waals surface area contributed by atoms with Crippen LogP contribution in [-0.2, 0) is 14.0 Å². The molecule has 1 saturated heterocycles. The van der Waals surface area contributed by atoms with Gasteiger partial charge in [-0.15, -0.1) is 0 Å². The van der Waals surface area contributed by atoms with Crippen molar-refractivity contribution in [3.05, 3.63) is 0 Å². The predicted octanol–water partition coefficient (Wildman–Crippen LogP) is -0.120. The first-order valence-electron chi connectivity index (χ1n) is 1.91. The Morgan fingerprint density at radius 1 is 1.67 bits per heavy atom. The van der Waals surface area contributed by atoms with E-state index in [1.54, 1.807) is 0 Å². The van der Waals surface area contributed by atoms with Crippen molar-refractivity contribution < 1.29 is 17.9 Å². The van der Waals surface area contributed by atoms with Crippen molar-refractivity contribution in [2.45, 2.75) is 0 Å². The largest absolute Gasteiger partial charge is 0.429 e. The molecule has 0 aliphatic carbocycles. The number of amides is 1. The van der Waals surface area contributed by atoms with E-state index in [0.29, 0.717) is 4.31 Å². The first-order valence-corrected chi connectivity index (χ1v) is 4.17. The minimum absolute atomic E-state index is 0.273. The maximum absolute atomic E-state index is 10.2. The Bertz CT molecular complexity index is 233. The van der Waals surface area contributed by atoms with Gasteiger partial charge in [0, 0.05) is 10.7 Å². The van der Waals surface area contributed by atoms with Crippen molar-refractivity contribution in [2.75, 3.05) is 6.73 Å². The molecule has 1 aliphatic rings. The van der Waals surface area contributed by atoms with Crippen LogP contribution in [0.2, 0.25) is 0 Å². The van der Waals surface area contributed by atoms with Crippen molar-refractivity contribution in [1.82, 2.24) is 4.31 Å². The van der Waals surface area contributed by atoms with Crippen molar-refractivity contribution in [2.24, 2.45) is 0 Å². The van der Waals surface area contributed by atoms with Crippen molar-refractivity contribution in [1.29, 1.82) is 0 Å². The third-order valence-corrected chi connectivity index (χ3v) is 2.05. The zero-order valence-electron chi connectivity index (χ0n) is 4.07. The lowest BCUT2D eigenvalue weighted by atomic mass is 10.9. The van der Waals surface area contributed by atoms with Crippen LogP contribution < -0.4 is 0 Å². The molecular formula is C2H2ClNO4S. The Morgan fingerprint density at radius 3 is 2.22 bits per heavy atom. The summed E-state index contributed by atoms with van der Waals surface area (Å²) in [6.45, 7) is -0.273. The van der Waals surface area contributed by atoms with Crippen LogP contribution >= 0.6 is 10.7 Å². The van der Waals surface area contributed by atoms with E-state index in [0.717, 1.165) is 0 Å². The van der Waals surface area contributed by atoms with Crippen LogP contribution in [-0.4, -0.2) is 25.5 Å². The summed E-state index contributed by atoms with van der Waals surface area (Å²) in [5.74, 6) is 0. The number of rotatable bonds is 1. The first kappa shape index (κ1) is 6.63. The van der Waals surface area contributed by atoms with E-state index in [-0.39, 0.29) is 6.73 Å². The SMILES string of the molecule is O=C1OCN1S(=O)(=O)Cl. The van der Waals surface area contributed by atoms with Crippen molar-refractivity contribution in [3.63, 3.8) is 0 Å². The van der Waals surface area contributed by atoms with E-state index in [4.69, 9.17) is 10.7 Å².